The summed E-state index contributed by atoms with van der Waals surface area (Å²) in [6.45, 7) is 4.91. The lowest BCUT2D eigenvalue weighted by Crippen LogP contribution is -2.38. The van der Waals surface area contributed by atoms with E-state index in [1.165, 1.54) is 0 Å². The van der Waals surface area contributed by atoms with Gasteiger partial charge in [0.1, 0.15) is 0 Å². The predicted octanol–water partition coefficient (Wildman–Crippen LogP) is 2.06. The van der Waals surface area contributed by atoms with E-state index >= 15 is 0 Å². The molecule has 1 heterocycles. The summed E-state index contributed by atoms with van der Waals surface area (Å²) in [4.78, 5) is 14.1. The zero-order valence-corrected chi connectivity index (χ0v) is 12.3. The molecule has 0 bridgehead atoms. The summed E-state index contributed by atoms with van der Waals surface area (Å²) >= 11 is 0. The lowest BCUT2D eigenvalue weighted by Gasteiger charge is -2.31. The standard InChI is InChI=1S/C15H22N2O3/c1-4-19-15(18)11-6-5-7-12(16)14(11)17(3)13-8-9-20-10(13)2/h5-7,10,13H,4,8-9,16H2,1-3H3. The number of para-hydroxylation sites is 1. The first-order valence-electron chi connectivity index (χ1n) is 6.96. The highest BCUT2D eigenvalue weighted by Gasteiger charge is 2.31. The Balaban J connectivity index is 2.36. The lowest BCUT2D eigenvalue weighted by molar-refractivity contribution is 0.0526. The SMILES string of the molecule is CCOC(=O)c1cccc(N)c1N(C)C1CCOC1C. The van der Waals surface area contributed by atoms with Crippen molar-refractivity contribution in [3.63, 3.8) is 0 Å². The van der Waals surface area contributed by atoms with Crippen LogP contribution in [0.25, 0.3) is 0 Å². The normalized spacial score (nSPS) is 21.8. The van der Waals surface area contributed by atoms with Crippen LogP contribution < -0.4 is 10.6 Å². The third-order valence-corrected chi connectivity index (χ3v) is 3.75. The van der Waals surface area contributed by atoms with E-state index in [4.69, 9.17) is 15.2 Å². The molecule has 0 amide bonds. The number of nitrogens with two attached hydrogens (primary N) is 1. The molecule has 1 aliphatic rings. The van der Waals surface area contributed by atoms with Crippen molar-refractivity contribution in [3.05, 3.63) is 23.8 Å². The zero-order valence-electron chi connectivity index (χ0n) is 12.3. The number of esters is 1. The second-order valence-corrected chi connectivity index (χ2v) is 5.01. The summed E-state index contributed by atoms with van der Waals surface area (Å²) in [7, 11) is 1.95. The van der Waals surface area contributed by atoms with E-state index in [0.29, 0.717) is 17.9 Å². The molecular formula is C15H22N2O3. The van der Waals surface area contributed by atoms with Gasteiger partial charge in [0.15, 0.2) is 0 Å². The highest BCUT2D eigenvalue weighted by molar-refractivity contribution is 5.99. The molecule has 1 aromatic carbocycles. The van der Waals surface area contributed by atoms with Crippen molar-refractivity contribution in [2.24, 2.45) is 0 Å². The molecule has 0 aromatic heterocycles. The number of likely N-dealkylation sites (N-methyl/N-ethyl adjacent to an activating group) is 1. The number of ether oxygens (including phenoxy) is 2. The Labute approximate surface area is 119 Å². The number of carbonyl (C=O) groups excluding carboxylic acids is 1. The molecular weight excluding hydrogens is 256 g/mol. The molecule has 2 unspecified atom stereocenters. The van der Waals surface area contributed by atoms with Crippen LogP contribution in [-0.4, -0.2) is 38.4 Å². The van der Waals surface area contributed by atoms with Gasteiger partial charge in [0, 0.05) is 13.7 Å². The quantitative estimate of drug-likeness (QED) is 0.674. The third-order valence-electron chi connectivity index (χ3n) is 3.75. The van der Waals surface area contributed by atoms with Crippen LogP contribution in [0.2, 0.25) is 0 Å². The van der Waals surface area contributed by atoms with Gasteiger partial charge in [-0.1, -0.05) is 6.07 Å². The van der Waals surface area contributed by atoms with Gasteiger partial charge < -0.3 is 20.1 Å². The van der Waals surface area contributed by atoms with E-state index in [2.05, 4.69) is 0 Å². The Morgan fingerprint density at radius 3 is 2.90 bits per heavy atom. The van der Waals surface area contributed by atoms with Crippen LogP contribution in [0.5, 0.6) is 0 Å². The molecule has 110 valence electrons. The first-order valence-corrected chi connectivity index (χ1v) is 6.96. The molecule has 20 heavy (non-hydrogen) atoms. The van der Waals surface area contributed by atoms with Crippen molar-refractivity contribution >= 4 is 17.3 Å². The van der Waals surface area contributed by atoms with Crippen molar-refractivity contribution in [2.75, 3.05) is 30.9 Å². The Morgan fingerprint density at radius 2 is 2.30 bits per heavy atom. The fraction of sp³-hybridized carbons (Fsp3) is 0.533. The van der Waals surface area contributed by atoms with Gasteiger partial charge in [0.25, 0.3) is 0 Å². The molecule has 5 nitrogen and oxygen atoms in total. The molecule has 2 rings (SSSR count). The Kier molecular flexibility index (Phi) is 4.49. The van der Waals surface area contributed by atoms with E-state index in [9.17, 15) is 4.79 Å². The molecule has 1 saturated heterocycles. The van der Waals surface area contributed by atoms with Gasteiger partial charge in [-0.3, -0.25) is 0 Å². The van der Waals surface area contributed by atoms with Gasteiger partial charge in [-0.05, 0) is 32.4 Å². The number of hydrogen-bond donors (Lipinski definition) is 1. The van der Waals surface area contributed by atoms with Gasteiger partial charge in [0.2, 0.25) is 0 Å². The van der Waals surface area contributed by atoms with Crippen LogP contribution in [0.1, 0.15) is 30.6 Å². The summed E-state index contributed by atoms with van der Waals surface area (Å²) in [6.07, 6.45) is 1.04. The minimum Gasteiger partial charge on any atom is -0.462 e. The monoisotopic (exact) mass is 278 g/mol. The van der Waals surface area contributed by atoms with Crippen molar-refractivity contribution in [1.82, 2.24) is 0 Å². The number of carbonyl (C=O) groups is 1. The smallest absolute Gasteiger partial charge is 0.340 e. The Hall–Kier alpha value is -1.75. The lowest BCUT2D eigenvalue weighted by atomic mass is 10.1. The number of nitrogen functional groups attached to an aromatic ring is 1. The van der Waals surface area contributed by atoms with E-state index in [0.717, 1.165) is 18.7 Å². The summed E-state index contributed by atoms with van der Waals surface area (Å²) < 4.78 is 10.7. The Morgan fingerprint density at radius 1 is 1.55 bits per heavy atom. The third kappa shape index (κ3) is 2.72. The summed E-state index contributed by atoms with van der Waals surface area (Å²) in [5, 5.41) is 0. The molecule has 0 spiro atoms. The summed E-state index contributed by atoms with van der Waals surface area (Å²) in [5.74, 6) is -0.340. The second-order valence-electron chi connectivity index (χ2n) is 5.01. The molecule has 5 heteroatoms. The van der Waals surface area contributed by atoms with Crippen LogP contribution in [-0.2, 0) is 9.47 Å². The zero-order chi connectivity index (χ0) is 14.7. The highest BCUT2D eigenvalue weighted by atomic mass is 16.5. The fourth-order valence-electron chi connectivity index (χ4n) is 2.72. The number of rotatable bonds is 4. The average Bonchev–Trinajstić information content (AvgIpc) is 2.84. The average molecular weight is 278 g/mol. The van der Waals surface area contributed by atoms with E-state index in [-0.39, 0.29) is 18.1 Å². The number of anilines is 2. The molecule has 1 fully saturated rings. The number of benzene rings is 1. The van der Waals surface area contributed by atoms with Crippen LogP contribution in [0, 0.1) is 0 Å². The molecule has 0 aliphatic carbocycles. The van der Waals surface area contributed by atoms with Gasteiger partial charge in [-0.15, -0.1) is 0 Å². The fourth-order valence-corrected chi connectivity index (χ4v) is 2.72. The maximum absolute atomic E-state index is 12.1. The largest absolute Gasteiger partial charge is 0.462 e. The molecule has 0 saturated carbocycles. The van der Waals surface area contributed by atoms with Gasteiger partial charge >= 0.3 is 5.97 Å². The second kappa shape index (κ2) is 6.13. The van der Waals surface area contributed by atoms with Crippen molar-refractivity contribution < 1.29 is 14.3 Å². The number of hydrogen-bond acceptors (Lipinski definition) is 5. The highest BCUT2D eigenvalue weighted by Crippen LogP contribution is 2.32. The van der Waals surface area contributed by atoms with Gasteiger partial charge in [-0.25, -0.2) is 4.79 Å². The molecule has 2 atom stereocenters. The summed E-state index contributed by atoms with van der Waals surface area (Å²) in [6, 6.07) is 5.54. The minimum atomic E-state index is -0.340. The van der Waals surface area contributed by atoms with Gasteiger partial charge in [0.05, 0.1) is 35.7 Å². The molecule has 0 radical (unpaired) electrons. The predicted molar refractivity (Wildman–Crippen MR) is 79.0 cm³/mol. The first kappa shape index (κ1) is 14.7. The van der Waals surface area contributed by atoms with E-state index in [1.54, 1.807) is 25.1 Å². The van der Waals surface area contributed by atoms with Crippen LogP contribution >= 0.6 is 0 Å². The minimum absolute atomic E-state index is 0.120. The van der Waals surface area contributed by atoms with Crippen LogP contribution in [0.3, 0.4) is 0 Å². The molecule has 2 N–H and O–H groups in total. The molecule has 1 aliphatic heterocycles. The van der Waals surface area contributed by atoms with Crippen molar-refractivity contribution in [2.45, 2.75) is 32.4 Å². The maximum atomic E-state index is 12.1. The maximum Gasteiger partial charge on any atom is 0.340 e. The van der Waals surface area contributed by atoms with Crippen molar-refractivity contribution in [3.8, 4) is 0 Å². The summed E-state index contributed by atoms with van der Waals surface area (Å²) in [5.41, 5.74) is 7.90. The first-order chi connectivity index (χ1) is 9.56. The van der Waals surface area contributed by atoms with Crippen LogP contribution in [0.15, 0.2) is 18.2 Å². The topological polar surface area (TPSA) is 64.8 Å². The van der Waals surface area contributed by atoms with Crippen molar-refractivity contribution in [1.29, 1.82) is 0 Å². The van der Waals surface area contributed by atoms with Crippen LogP contribution in [0.4, 0.5) is 11.4 Å². The molecule has 1 aromatic rings. The van der Waals surface area contributed by atoms with E-state index in [1.807, 2.05) is 18.9 Å². The number of nitrogens with zero attached hydrogens (tertiary/aromatic N) is 1. The van der Waals surface area contributed by atoms with E-state index < -0.39 is 0 Å². The Bertz CT molecular complexity index is 490. The van der Waals surface area contributed by atoms with Gasteiger partial charge in [-0.2, -0.15) is 0 Å².